The number of nitrogens with zero attached hydrogens (tertiary/aromatic N) is 6. The quantitative estimate of drug-likeness (QED) is 0.0303. The summed E-state index contributed by atoms with van der Waals surface area (Å²) in [5, 5.41) is 7.23. The average molecular weight is 679 g/mol. The Morgan fingerprint density at radius 1 is 0.851 bits per heavy atom. The molecule has 47 heavy (non-hydrogen) atoms. The molecule has 22 nitrogen and oxygen atoms in total. The zero-order chi connectivity index (χ0) is 35.3. The van der Waals surface area contributed by atoms with Gasteiger partial charge in [0.25, 0.3) is 0 Å². The molecule has 2 aromatic heterocycles. The lowest BCUT2D eigenvalue weighted by molar-refractivity contribution is -0.134. The number of carbonyl (C=O) groups excluding carboxylic acids is 5. The van der Waals surface area contributed by atoms with E-state index < -0.39 is 59.8 Å². The average Bonchev–Trinajstić information content (AvgIpc) is 2.96. The smallest absolute Gasteiger partial charge is 0.349 e. The van der Waals surface area contributed by atoms with Crippen LogP contribution in [0, 0.1) is 0 Å². The van der Waals surface area contributed by atoms with Crippen LogP contribution in [0.15, 0.2) is 16.0 Å². The standard InChI is InChI=1S/C24H38N16O6S/c25-14(41)7-12(20(45)34-11(3-1-5-32-21(28)29)19(44)35-13(9-47)17(27)43)33-15(42)4-2-6-40-8-10(16(26)36-24(40)46)18-37-22(30)39-23(31)38-18/h8,11-13,47H,1-7,9H2,(H2,25,41)(H2,27,43)(H,33,42)(H,34,45)(H,35,44)(H2,26,36,46)(H4,28,29,32)(H4,30,31,37,38,39)/t11-,12-,13-/m0/s1. The Morgan fingerprint density at radius 3 is 2.04 bits per heavy atom. The molecule has 0 spiro atoms. The van der Waals surface area contributed by atoms with Gasteiger partial charge in [-0.3, -0.25) is 33.5 Å². The van der Waals surface area contributed by atoms with Gasteiger partial charge in [0.05, 0.1) is 12.0 Å². The molecule has 17 N–H and O–H groups in total. The van der Waals surface area contributed by atoms with Crippen LogP contribution in [0.2, 0.25) is 0 Å². The van der Waals surface area contributed by atoms with Gasteiger partial charge in [0.1, 0.15) is 23.9 Å². The van der Waals surface area contributed by atoms with Crippen molar-refractivity contribution in [2.24, 2.45) is 27.9 Å². The van der Waals surface area contributed by atoms with E-state index in [0.29, 0.717) is 0 Å². The maximum atomic E-state index is 13.2. The van der Waals surface area contributed by atoms with E-state index in [4.69, 9.17) is 40.1 Å². The number of primary amides is 2. The first-order valence-electron chi connectivity index (χ1n) is 13.9. The van der Waals surface area contributed by atoms with Gasteiger partial charge in [-0.05, 0) is 19.3 Å². The molecule has 0 bridgehead atoms. The van der Waals surface area contributed by atoms with Gasteiger partial charge in [-0.25, -0.2) is 4.79 Å². The predicted molar refractivity (Wildman–Crippen MR) is 172 cm³/mol. The third-order valence-corrected chi connectivity index (χ3v) is 6.58. The second-order valence-corrected chi connectivity index (χ2v) is 10.3. The van der Waals surface area contributed by atoms with Gasteiger partial charge < -0.3 is 56.1 Å². The maximum absolute atomic E-state index is 13.2. The molecule has 23 heteroatoms. The van der Waals surface area contributed by atoms with Crippen molar-refractivity contribution >= 4 is 65.8 Å². The first-order chi connectivity index (χ1) is 22.1. The summed E-state index contributed by atoms with van der Waals surface area (Å²) in [5.74, 6) is -5.02. The number of hydrogen-bond donors (Lipinski definition) is 11. The van der Waals surface area contributed by atoms with Gasteiger partial charge in [-0.15, -0.1) is 0 Å². The Balaban J connectivity index is 2.13. The molecule has 256 valence electrons. The normalized spacial score (nSPS) is 12.6. The third kappa shape index (κ3) is 12.3. The largest absolute Gasteiger partial charge is 0.383 e. The van der Waals surface area contributed by atoms with Crippen molar-refractivity contribution in [2.45, 2.75) is 56.8 Å². The Hall–Kier alpha value is -5.74. The highest BCUT2D eigenvalue weighted by Gasteiger charge is 2.29. The molecule has 0 fully saturated rings. The minimum Gasteiger partial charge on any atom is -0.383 e. The molecule has 0 saturated heterocycles. The molecule has 0 aliphatic carbocycles. The fourth-order valence-electron chi connectivity index (χ4n) is 3.98. The lowest BCUT2D eigenvalue weighted by atomic mass is 10.1. The maximum Gasteiger partial charge on any atom is 0.349 e. The first-order valence-corrected chi connectivity index (χ1v) is 14.5. The highest BCUT2D eigenvalue weighted by atomic mass is 32.1. The Morgan fingerprint density at radius 2 is 1.47 bits per heavy atom. The van der Waals surface area contributed by atoms with E-state index in [0.717, 1.165) is 4.57 Å². The van der Waals surface area contributed by atoms with Crippen LogP contribution in [0.3, 0.4) is 0 Å². The van der Waals surface area contributed by atoms with Crippen LogP contribution >= 0.6 is 12.6 Å². The summed E-state index contributed by atoms with van der Waals surface area (Å²) < 4.78 is 1.15. The molecule has 2 aromatic rings. The fourth-order valence-corrected chi connectivity index (χ4v) is 4.25. The lowest BCUT2D eigenvalue weighted by Gasteiger charge is -2.24. The van der Waals surface area contributed by atoms with Crippen molar-refractivity contribution in [1.29, 1.82) is 0 Å². The van der Waals surface area contributed by atoms with Crippen molar-refractivity contribution in [2.75, 3.05) is 29.5 Å². The second kappa shape index (κ2) is 17.7. The Kier molecular flexibility index (Phi) is 14.1. The first kappa shape index (κ1) is 37.4. The summed E-state index contributed by atoms with van der Waals surface area (Å²) >= 11 is 3.98. The number of anilines is 3. The molecule has 0 aliphatic heterocycles. The van der Waals surface area contributed by atoms with Crippen LogP contribution in [-0.2, 0) is 30.5 Å². The van der Waals surface area contributed by atoms with E-state index in [1.54, 1.807) is 0 Å². The predicted octanol–water partition coefficient (Wildman–Crippen LogP) is -5.58. The van der Waals surface area contributed by atoms with Crippen LogP contribution in [-0.4, -0.2) is 90.4 Å². The van der Waals surface area contributed by atoms with Gasteiger partial charge in [0.2, 0.25) is 41.4 Å². The molecule has 0 aromatic carbocycles. The number of amides is 5. The van der Waals surface area contributed by atoms with E-state index in [1.807, 2.05) is 0 Å². The molecule has 2 rings (SSSR count). The van der Waals surface area contributed by atoms with Gasteiger partial charge in [-0.2, -0.15) is 32.6 Å². The fraction of sp³-hybridized carbons (Fsp3) is 0.458. The number of nitrogens with two attached hydrogens (primary N) is 7. The number of rotatable bonds is 18. The van der Waals surface area contributed by atoms with Gasteiger partial charge in [0.15, 0.2) is 11.8 Å². The van der Waals surface area contributed by atoms with E-state index >= 15 is 0 Å². The van der Waals surface area contributed by atoms with E-state index in [2.05, 4.69) is 53.5 Å². The Bertz CT molecular complexity index is 1540. The van der Waals surface area contributed by atoms with E-state index in [-0.39, 0.29) is 79.6 Å². The molecular formula is C24H38N16O6S. The molecule has 0 unspecified atom stereocenters. The van der Waals surface area contributed by atoms with Crippen molar-refractivity contribution in [1.82, 2.24) is 40.5 Å². The van der Waals surface area contributed by atoms with E-state index in [1.165, 1.54) is 6.20 Å². The summed E-state index contributed by atoms with van der Waals surface area (Å²) in [5.41, 5.74) is 37.7. The summed E-state index contributed by atoms with van der Waals surface area (Å²) in [7, 11) is 0. The van der Waals surface area contributed by atoms with Crippen molar-refractivity contribution in [3.05, 3.63) is 16.7 Å². The number of aliphatic imine (C=N–C) groups is 1. The Labute approximate surface area is 272 Å². The minimum absolute atomic E-state index is 0.000269. The summed E-state index contributed by atoms with van der Waals surface area (Å²) in [6.45, 7) is 0.0839. The molecule has 3 atom stereocenters. The number of hydrogen-bond acceptors (Lipinski definition) is 15. The highest BCUT2D eigenvalue weighted by Crippen LogP contribution is 2.20. The van der Waals surface area contributed by atoms with Crippen molar-refractivity contribution < 1.29 is 24.0 Å². The minimum atomic E-state index is -1.47. The van der Waals surface area contributed by atoms with Gasteiger partial charge in [0, 0.05) is 31.5 Å². The third-order valence-electron chi connectivity index (χ3n) is 6.21. The van der Waals surface area contributed by atoms with Crippen LogP contribution in [0.25, 0.3) is 11.4 Å². The van der Waals surface area contributed by atoms with Crippen LogP contribution in [0.4, 0.5) is 17.7 Å². The molecule has 0 aliphatic rings. The number of carbonyl (C=O) groups is 5. The zero-order valence-electron chi connectivity index (χ0n) is 25.1. The highest BCUT2D eigenvalue weighted by molar-refractivity contribution is 7.80. The summed E-state index contributed by atoms with van der Waals surface area (Å²) in [6, 6.07) is -3.87. The monoisotopic (exact) mass is 678 g/mol. The van der Waals surface area contributed by atoms with E-state index in [9.17, 15) is 28.8 Å². The van der Waals surface area contributed by atoms with Crippen LogP contribution in [0.5, 0.6) is 0 Å². The van der Waals surface area contributed by atoms with Crippen LogP contribution < -0.4 is 61.8 Å². The number of nitrogens with one attached hydrogen (secondary N) is 3. The number of aryl methyl sites for hydroxylation is 1. The lowest BCUT2D eigenvalue weighted by Crippen LogP contribution is -2.57. The molecule has 2 heterocycles. The molecule has 0 radical (unpaired) electrons. The molecular weight excluding hydrogens is 640 g/mol. The van der Waals surface area contributed by atoms with Crippen molar-refractivity contribution in [3.63, 3.8) is 0 Å². The van der Waals surface area contributed by atoms with Crippen LogP contribution in [0.1, 0.15) is 32.1 Å². The second-order valence-electron chi connectivity index (χ2n) is 9.94. The summed E-state index contributed by atoms with van der Waals surface area (Å²) in [6.07, 6.45) is 0.778. The van der Waals surface area contributed by atoms with Crippen molar-refractivity contribution in [3.8, 4) is 11.4 Å². The zero-order valence-corrected chi connectivity index (χ0v) is 26.0. The SMILES string of the molecule is NC(=O)C[C@H](NC(=O)CCCn1cc(-c2nc(N)nc(N)n2)c(N)nc1=O)C(=O)N[C@@H](CCCN=C(N)N)C(=O)N[C@@H](CS)C(N)=O. The molecule has 0 saturated carbocycles. The number of nitrogen functional groups attached to an aromatic ring is 3. The van der Waals surface area contributed by atoms with Gasteiger partial charge in [-0.1, -0.05) is 0 Å². The number of thiol groups is 1. The topological polar surface area (TPSA) is 389 Å². The molecule has 5 amide bonds. The summed E-state index contributed by atoms with van der Waals surface area (Å²) in [4.78, 5) is 93.7. The number of guanidine groups is 1. The van der Waals surface area contributed by atoms with Gasteiger partial charge >= 0.3 is 5.69 Å². The number of aromatic nitrogens is 5.